The summed E-state index contributed by atoms with van der Waals surface area (Å²) in [5.41, 5.74) is 1.17. The van der Waals surface area contributed by atoms with Crippen LogP contribution < -0.4 is 5.32 Å². The van der Waals surface area contributed by atoms with Gasteiger partial charge in [0.15, 0.2) is 0 Å². The Morgan fingerprint density at radius 1 is 1.37 bits per heavy atom. The van der Waals surface area contributed by atoms with E-state index in [9.17, 15) is 0 Å². The highest BCUT2D eigenvalue weighted by molar-refractivity contribution is 5.04. The van der Waals surface area contributed by atoms with Crippen molar-refractivity contribution in [1.29, 1.82) is 0 Å². The van der Waals surface area contributed by atoms with Crippen LogP contribution in [0.4, 0.5) is 0 Å². The van der Waals surface area contributed by atoms with Crippen molar-refractivity contribution < 1.29 is 0 Å². The molecule has 0 radical (unpaired) electrons. The summed E-state index contributed by atoms with van der Waals surface area (Å²) in [6.45, 7) is 3.26. The fourth-order valence-corrected chi connectivity index (χ4v) is 3.29. The van der Waals surface area contributed by atoms with Crippen molar-refractivity contribution in [2.75, 3.05) is 14.1 Å². The number of hydrogen-bond acceptors (Lipinski definition) is 3. The van der Waals surface area contributed by atoms with Crippen LogP contribution in [-0.2, 0) is 6.54 Å². The Morgan fingerprint density at radius 3 is 2.84 bits per heavy atom. The van der Waals surface area contributed by atoms with Gasteiger partial charge in [-0.2, -0.15) is 0 Å². The van der Waals surface area contributed by atoms with Crippen LogP contribution in [0.2, 0.25) is 0 Å². The summed E-state index contributed by atoms with van der Waals surface area (Å²) in [5, 5.41) is 3.50. The molecule has 1 N–H and O–H groups in total. The largest absolute Gasteiger partial charge is 0.315 e. The molecule has 1 aromatic heterocycles. The summed E-state index contributed by atoms with van der Waals surface area (Å²) >= 11 is 0. The van der Waals surface area contributed by atoms with Crippen LogP contribution in [0.3, 0.4) is 0 Å². The minimum atomic E-state index is 0.622. The van der Waals surface area contributed by atoms with Crippen LogP contribution in [0, 0.1) is 5.92 Å². The van der Waals surface area contributed by atoms with E-state index in [2.05, 4.69) is 48.4 Å². The van der Waals surface area contributed by atoms with Crippen molar-refractivity contribution >= 4 is 0 Å². The van der Waals surface area contributed by atoms with Gasteiger partial charge in [-0.3, -0.25) is 9.88 Å². The average Bonchev–Trinajstić information content (AvgIpc) is 2.47. The lowest BCUT2D eigenvalue weighted by atomic mass is 9.80. The zero-order valence-electron chi connectivity index (χ0n) is 12.5. The topological polar surface area (TPSA) is 28.2 Å². The van der Waals surface area contributed by atoms with E-state index in [0.29, 0.717) is 12.1 Å². The smallest absolute Gasteiger partial charge is 0.0543 e. The van der Waals surface area contributed by atoms with Crippen LogP contribution in [0.15, 0.2) is 24.4 Å². The number of rotatable bonds is 5. The van der Waals surface area contributed by atoms with E-state index in [0.717, 1.165) is 12.5 Å². The van der Waals surface area contributed by atoms with Gasteiger partial charge in [-0.25, -0.2) is 0 Å². The first kappa shape index (κ1) is 14.5. The molecule has 3 heteroatoms. The second-order valence-corrected chi connectivity index (χ2v) is 5.79. The van der Waals surface area contributed by atoms with Crippen LogP contribution in [0.5, 0.6) is 0 Å². The molecule has 19 heavy (non-hydrogen) atoms. The number of pyridine rings is 1. The molecule has 1 fully saturated rings. The van der Waals surface area contributed by atoms with Crippen molar-refractivity contribution in [2.45, 2.75) is 51.2 Å². The molecule has 0 saturated heterocycles. The molecule has 0 spiro atoms. The molecule has 0 amide bonds. The van der Waals surface area contributed by atoms with E-state index in [1.165, 1.54) is 31.4 Å². The molecule has 3 nitrogen and oxygen atoms in total. The van der Waals surface area contributed by atoms with Crippen molar-refractivity contribution in [1.82, 2.24) is 15.2 Å². The molecule has 1 aliphatic carbocycles. The van der Waals surface area contributed by atoms with E-state index in [1.807, 2.05) is 12.3 Å². The van der Waals surface area contributed by atoms with Crippen molar-refractivity contribution in [3.05, 3.63) is 30.1 Å². The third-order valence-corrected chi connectivity index (χ3v) is 4.58. The summed E-state index contributed by atoms with van der Waals surface area (Å²) in [6.07, 6.45) is 7.17. The zero-order chi connectivity index (χ0) is 13.7. The van der Waals surface area contributed by atoms with Crippen LogP contribution in [0.1, 0.15) is 38.3 Å². The van der Waals surface area contributed by atoms with Gasteiger partial charge < -0.3 is 5.32 Å². The average molecular weight is 261 g/mol. The molecule has 1 aliphatic rings. The molecule has 3 atom stereocenters. The number of aromatic nitrogens is 1. The fourth-order valence-electron chi connectivity index (χ4n) is 3.29. The lowest BCUT2D eigenvalue weighted by molar-refractivity contribution is 0.115. The molecule has 0 bridgehead atoms. The SMILES string of the molecule is CCC1CCC(NC)C(N(C)Cc2ccccn2)C1. The Hall–Kier alpha value is -0.930. The Bertz CT molecular complexity index is 366. The van der Waals surface area contributed by atoms with E-state index in [1.54, 1.807) is 0 Å². The first-order valence-electron chi connectivity index (χ1n) is 7.52. The van der Waals surface area contributed by atoms with Crippen LogP contribution in [-0.4, -0.2) is 36.1 Å². The molecule has 1 heterocycles. The summed E-state index contributed by atoms with van der Waals surface area (Å²) in [6, 6.07) is 7.42. The normalized spacial score (nSPS) is 27.7. The molecule has 0 aromatic carbocycles. The zero-order valence-corrected chi connectivity index (χ0v) is 12.5. The highest BCUT2D eigenvalue weighted by Gasteiger charge is 2.31. The number of nitrogens with zero attached hydrogens (tertiary/aromatic N) is 2. The quantitative estimate of drug-likeness (QED) is 0.883. The lowest BCUT2D eigenvalue weighted by Crippen LogP contribution is -2.50. The maximum absolute atomic E-state index is 4.44. The summed E-state index contributed by atoms with van der Waals surface area (Å²) < 4.78 is 0. The second-order valence-electron chi connectivity index (χ2n) is 5.79. The predicted molar refractivity (Wildman–Crippen MR) is 80.0 cm³/mol. The van der Waals surface area contributed by atoms with E-state index in [4.69, 9.17) is 0 Å². The van der Waals surface area contributed by atoms with Gasteiger partial charge in [0.25, 0.3) is 0 Å². The summed E-state index contributed by atoms with van der Waals surface area (Å²) in [5.74, 6) is 0.890. The predicted octanol–water partition coefficient (Wildman–Crippen LogP) is 2.68. The Labute approximate surface area is 117 Å². The monoisotopic (exact) mass is 261 g/mol. The van der Waals surface area contributed by atoms with Crippen LogP contribution >= 0.6 is 0 Å². The first-order valence-corrected chi connectivity index (χ1v) is 7.52. The number of hydrogen-bond donors (Lipinski definition) is 1. The van der Waals surface area contributed by atoms with Gasteiger partial charge in [-0.15, -0.1) is 0 Å². The third-order valence-electron chi connectivity index (χ3n) is 4.58. The Morgan fingerprint density at radius 2 is 2.21 bits per heavy atom. The van der Waals surface area contributed by atoms with Gasteiger partial charge in [0.1, 0.15) is 0 Å². The van der Waals surface area contributed by atoms with Gasteiger partial charge >= 0.3 is 0 Å². The van der Waals surface area contributed by atoms with Crippen molar-refractivity contribution in [2.24, 2.45) is 5.92 Å². The van der Waals surface area contributed by atoms with Gasteiger partial charge in [0, 0.05) is 24.8 Å². The standard InChI is InChI=1S/C16H27N3/c1-4-13-8-9-15(17-2)16(11-13)19(3)12-14-7-5-6-10-18-14/h5-7,10,13,15-17H,4,8-9,11-12H2,1-3H3. The minimum Gasteiger partial charge on any atom is -0.315 e. The molecule has 0 aliphatic heterocycles. The highest BCUT2D eigenvalue weighted by Crippen LogP contribution is 2.30. The molecular weight excluding hydrogens is 234 g/mol. The summed E-state index contributed by atoms with van der Waals surface area (Å²) in [4.78, 5) is 6.92. The van der Waals surface area contributed by atoms with Crippen molar-refractivity contribution in [3.63, 3.8) is 0 Å². The number of nitrogens with one attached hydrogen (secondary N) is 1. The molecular formula is C16H27N3. The maximum Gasteiger partial charge on any atom is 0.0543 e. The van der Waals surface area contributed by atoms with Gasteiger partial charge in [0.05, 0.1) is 5.69 Å². The first-order chi connectivity index (χ1) is 9.24. The van der Waals surface area contributed by atoms with Crippen LogP contribution in [0.25, 0.3) is 0 Å². The molecule has 1 aromatic rings. The molecule has 106 valence electrons. The van der Waals surface area contributed by atoms with E-state index in [-0.39, 0.29) is 0 Å². The van der Waals surface area contributed by atoms with E-state index >= 15 is 0 Å². The highest BCUT2D eigenvalue weighted by atomic mass is 15.2. The molecule has 1 saturated carbocycles. The molecule has 2 rings (SSSR count). The van der Waals surface area contributed by atoms with Gasteiger partial charge in [-0.1, -0.05) is 19.4 Å². The fraction of sp³-hybridized carbons (Fsp3) is 0.688. The lowest BCUT2D eigenvalue weighted by Gasteiger charge is -2.41. The number of likely N-dealkylation sites (N-methyl/N-ethyl adjacent to an activating group) is 2. The minimum absolute atomic E-state index is 0.622. The van der Waals surface area contributed by atoms with Gasteiger partial charge in [0.2, 0.25) is 0 Å². The maximum atomic E-state index is 4.44. The third kappa shape index (κ3) is 3.77. The van der Waals surface area contributed by atoms with Gasteiger partial charge in [-0.05, 0) is 51.4 Å². The second kappa shape index (κ2) is 7.01. The summed E-state index contributed by atoms with van der Waals surface area (Å²) in [7, 11) is 4.33. The van der Waals surface area contributed by atoms with E-state index < -0.39 is 0 Å². The van der Waals surface area contributed by atoms with Crippen molar-refractivity contribution in [3.8, 4) is 0 Å². The molecule has 3 unspecified atom stereocenters. The Kier molecular flexibility index (Phi) is 5.34. The Balaban J connectivity index is 2.00.